The summed E-state index contributed by atoms with van der Waals surface area (Å²) >= 11 is 5.94. The molecule has 0 saturated heterocycles. The average molecular weight is 288 g/mol. The first kappa shape index (κ1) is 14.6. The van der Waals surface area contributed by atoms with E-state index in [4.69, 9.17) is 11.6 Å². The maximum absolute atomic E-state index is 9.41. The first-order chi connectivity index (χ1) is 9.56. The molecule has 104 valence electrons. The number of phenols is 1. The molecule has 0 fully saturated rings. The lowest BCUT2D eigenvalue weighted by molar-refractivity contribution is 0.474. The van der Waals surface area contributed by atoms with Crippen molar-refractivity contribution in [2.24, 2.45) is 0 Å². The molecule has 0 radical (unpaired) electrons. The molecule has 2 aromatic carbocycles. The predicted molar refractivity (Wildman–Crippen MR) is 84.2 cm³/mol. The topological polar surface area (TPSA) is 32.3 Å². The van der Waals surface area contributed by atoms with E-state index < -0.39 is 0 Å². The molecule has 0 aliphatic rings. The van der Waals surface area contributed by atoms with Crippen LogP contribution in [0.2, 0.25) is 5.02 Å². The van der Waals surface area contributed by atoms with Gasteiger partial charge in [-0.25, -0.2) is 0 Å². The molecule has 0 amide bonds. The monoisotopic (exact) mass is 287 g/mol. The maximum atomic E-state index is 9.41. The predicted octanol–water partition coefficient (Wildman–Crippen LogP) is 4.30. The molecule has 0 aromatic heterocycles. The normalized spacial score (nSPS) is 12.1. The smallest absolute Gasteiger partial charge is 0.115 e. The van der Waals surface area contributed by atoms with Crippen molar-refractivity contribution in [3.05, 3.63) is 76.8 Å². The summed E-state index contributed by atoms with van der Waals surface area (Å²) in [6.07, 6.45) is 0. The maximum Gasteiger partial charge on any atom is 0.115 e. The van der Waals surface area contributed by atoms with Gasteiger partial charge in [0, 0.05) is 11.6 Å². The van der Waals surface area contributed by atoms with Gasteiger partial charge in [-0.2, -0.15) is 0 Å². The molecule has 20 heavy (non-hydrogen) atoms. The van der Waals surface area contributed by atoms with Crippen LogP contribution in [0.4, 0.5) is 0 Å². The van der Waals surface area contributed by atoms with Gasteiger partial charge >= 0.3 is 0 Å². The summed E-state index contributed by atoms with van der Waals surface area (Å²) in [5.41, 5.74) is 3.29. The number of aromatic hydroxyl groups is 1. The summed E-state index contributed by atoms with van der Waals surface area (Å²) < 4.78 is 0. The van der Waals surface area contributed by atoms with Crippen LogP contribution in [0, 0.1) is 0 Å². The Hall–Kier alpha value is -1.77. The zero-order valence-electron chi connectivity index (χ0n) is 11.4. The van der Waals surface area contributed by atoms with E-state index in [-0.39, 0.29) is 11.8 Å². The number of hydrogen-bond acceptors (Lipinski definition) is 2. The Morgan fingerprint density at radius 1 is 1.10 bits per heavy atom. The SMILES string of the molecule is C=C(C)CNC(c1ccc(O)cc1)c1ccc(Cl)cc1. The summed E-state index contributed by atoms with van der Waals surface area (Å²) in [4.78, 5) is 0. The van der Waals surface area contributed by atoms with Crippen molar-refractivity contribution in [1.29, 1.82) is 0 Å². The van der Waals surface area contributed by atoms with E-state index in [0.29, 0.717) is 0 Å². The van der Waals surface area contributed by atoms with Crippen LogP contribution in [0.5, 0.6) is 5.75 Å². The minimum absolute atomic E-state index is 0.0459. The van der Waals surface area contributed by atoms with Crippen LogP contribution in [0.1, 0.15) is 24.1 Å². The molecule has 2 aromatic rings. The van der Waals surface area contributed by atoms with Gasteiger partial charge in [-0.1, -0.05) is 48.0 Å². The van der Waals surface area contributed by atoms with E-state index >= 15 is 0 Å². The third-order valence-corrected chi connectivity index (χ3v) is 3.29. The quantitative estimate of drug-likeness (QED) is 0.804. The molecule has 2 nitrogen and oxygen atoms in total. The molecular formula is C17H18ClNO. The van der Waals surface area contributed by atoms with E-state index in [1.807, 2.05) is 43.3 Å². The Bertz CT molecular complexity index is 529. The Kier molecular flexibility index (Phi) is 4.83. The first-order valence-electron chi connectivity index (χ1n) is 6.48. The summed E-state index contributed by atoms with van der Waals surface area (Å²) in [5, 5.41) is 13.6. The molecule has 0 bridgehead atoms. The fraction of sp³-hybridized carbons (Fsp3) is 0.176. The Labute approximate surface area is 124 Å². The van der Waals surface area contributed by atoms with Crippen molar-refractivity contribution in [1.82, 2.24) is 5.32 Å². The van der Waals surface area contributed by atoms with Crippen molar-refractivity contribution >= 4 is 11.6 Å². The molecular weight excluding hydrogens is 270 g/mol. The lowest BCUT2D eigenvalue weighted by Crippen LogP contribution is -2.23. The lowest BCUT2D eigenvalue weighted by Gasteiger charge is -2.20. The summed E-state index contributed by atoms with van der Waals surface area (Å²) in [6, 6.07) is 15.0. The highest BCUT2D eigenvalue weighted by Gasteiger charge is 2.13. The van der Waals surface area contributed by atoms with E-state index in [1.165, 1.54) is 0 Å². The molecule has 0 aliphatic heterocycles. The van der Waals surface area contributed by atoms with Crippen LogP contribution in [0.25, 0.3) is 0 Å². The highest BCUT2D eigenvalue weighted by atomic mass is 35.5. The number of hydrogen-bond donors (Lipinski definition) is 2. The van der Waals surface area contributed by atoms with E-state index in [9.17, 15) is 5.11 Å². The van der Waals surface area contributed by atoms with Gasteiger partial charge in [-0.15, -0.1) is 0 Å². The molecule has 1 unspecified atom stereocenters. The van der Waals surface area contributed by atoms with Crippen molar-refractivity contribution < 1.29 is 5.11 Å². The van der Waals surface area contributed by atoms with Crippen molar-refractivity contribution in [3.8, 4) is 5.75 Å². The molecule has 0 aliphatic carbocycles. The van der Waals surface area contributed by atoms with Crippen LogP contribution in [0.15, 0.2) is 60.7 Å². The van der Waals surface area contributed by atoms with Crippen LogP contribution in [-0.2, 0) is 0 Å². The van der Waals surface area contributed by atoms with Crippen LogP contribution < -0.4 is 5.32 Å². The molecule has 0 spiro atoms. The Morgan fingerprint density at radius 3 is 2.10 bits per heavy atom. The number of nitrogens with one attached hydrogen (secondary N) is 1. The van der Waals surface area contributed by atoms with Crippen molar-refractivity contribution in [2.75, 3.05) is 6.54 Å². The standard InChI is InChI=1S/C17H18ClNO/c1-12(2)11-19-17(13-3-7-15(18)8-4-13)14-5-9-16(20)10-6-14/h3-10,17,19-20H,1,11H2,2H3. The first-order valence-corrected chi connectivity index (χ1v) is 6.86. The van der Waals surface area contributed by atoms with Gasteiger partial charge in [0.25, 0.3) is 0 Å². The van der Waals surface area contributed by atoms with Gasteiger partial charge in [-0.05, 0) is 42.3 Å². The largest absolute Gasteiger partial charge is 0.508 e. The van der Waals surface area contributed by atoms with Gasteiger partial charge in [0.1, 0.15) is 5.75 Å². The van der Waals surface area contributed by atoms with Gasteiger partial charge < -0.3 is 10.4 Å². The number of phenolic OH excluding ortho intramolecular Hbond substituents is 1. The summed E-state index contributed by atoms with van der Waals surface area (Å²) in [7, 11) is 0. The summed E-state index contributed by atoms with van der Waals surface area (Å²) in [6.45, 7) is 6.64. The molecule has 2 N–H and O–H groups in total. The zero-order chi connectivity index (χ0) is 14.5. The molecule has 1 atom stereocenters. The average Bonchev–Trinajstić information content (AvgIpc) is 2.42. The second kappa shape index (κ2) is 6.60. The Morgan fingerprint density at radius 2 is 1.60 bits per heavy atom. The minimum Gasteiger partial charge on any atom is -0.508 e. The second-order valence-corrected chi connectivity index (χ2v) is 5.35. The van der Waals surface area contributed by atoms with Crippen LogP contribution in [-0.4, -0.2) is 11.7 Å². The van der Waals surface area contributed by atoms with E-state index in [0.717, 1.165) is 28.3 Å². The molecule has 2 rings (SSSR count). The fourth-order valence-electron chi connectivity index (χ4n) is 2.03. The number of benzene rings is 2. The van der Waals surface area contributed by atoms with Crippen LogP contribution in [0.3, 0.4) is 0 Å². The van der Waals surface area contributed by atoms with Crippen molar-refractivity contribution in [3.63, 3.8) is 0 Å². The minimum atomic E-state index is 0.0459. The van der Waals surface area contributed by atoms with Gasteiger partial charge in [-0.3, -0.25) is 0 Å². The Balaban J connectivity index is 2.30. The highest BCUT2D eigenvalue weighted by Crippen LogP contribution is 2.25. The molecule has 3 heteroatoms. The van der Waals surface area contributed by atoms with Crippen LogP contribution >= 0.6 is 11.6 Å². The zero-order valence-corrected chi connectivity index (χ0v) is 12.2. The third kappa shape index (κ3) is 3.86. The van der Waals surface area contributed by atoms with Gasteiger partial charge in [0.05, 0.1) is 6.04 Å². The van der Waals surface area contributed by atoms with E-state index in [2.05, 4.69) is 11.9 Å². The molecule has 0 heterocycles. The molecule has 0 saturated carbocycles. The van der Waals surface area contributed by atoms with E-state index in [1.54, 1.807) is 12.1 Å². The van der Waals surface area contributed by atoms with Crippen molar-refractivity contribution in [2.45, 2.75) is 13.0 Å². The summed E-state index contributed by atoms with van der Waals surface area (Å²) in [5.74, 6) is 0.267. The number of rotatable bonds is 5. The lowest BCUT2D eigenvalue weighted by atomic mass is 9.98. The number of halogens is 1. The third-order valence-electron chi connectivity index (χ3n) is 3.04. The van der Waals surface area contributed by atoms with Gasteiger partial charge in [0.15, 0.2) is 0 Å². The second-order valence-electron chi connectivity index (χ2n) is 4.91. The fourth-order valence-corrected chi connectivity index (χ4v) is 2.15. The highest BCUT2D eigenvalue weighted by molar-refractivity contribution is 6.30. The van der Waals surface area contributed by atoms with Gasteiger partial charge in [0.2, 0.25) is 0 Å².